The molecule has 1 aliphatic heterocycles. The molecule has 0 fully saturated rings. The summed E-state index contributed by atoms with van der Waals surface area (Å²) in [5, 5.41) is 4.95. The van der Waals surface area contributed by atoms with Crippen LogP contribution in [0.4, 0.5) is 0 Å². The number of rotatable bonds is 17. The Morgan fingerprint density at radius 1 is 0.969 bits per heavy atom. The van der Waals surface area contributed by atoms with E-state index in [-0.39, 0.29) is 5.97 Å². The fraction of sp³-hybridized carbons (Fsp3) is 0.538. The highest BCUT2D eigenvalue weighted by Crippen LogP contribution is 2.19. The molecule has 0 atom stereocenters. The zero-order valence-electron chi connectivity index (χ0n) is 19.4. The number of nitrogens with one attached hydrogen (secondary N) is 1. The van der Waals surface area contributed by atoms with Gasteiger partial charge in [-0.05, 0) is 62.4 Å². The minimum atomic E-state index is -0.219. The Bertz CT molecular complexity index is 731. The van der Waals surface area contributed by atoms with E-state index in [0.717, 1.165) is 57.4 Å². The molecular formula is C26H38NO4P. The van der Waals surface area contributed by atoms with Crippen LogP contribution in [-0.4, -0.2) is 44.7 Å². The van der Waals surface area contributed by atoms with Crippen molar-refractivity contribution in [2.75, 3.05) is 33.0 Å². The van der Waals surface area contributed by atoms with Crippen LogP contribution >= 0.6 is 8.20 Å². The number of allylic oxidation sites excluding steroid dienone is 3. The monoisotopic (exact) mass is 459 g/mol. The normalized spacial score (nSPS) is 13.8. The third-order valence-electron chi connectivity index (χ3n) is 5.00. The number of ether oxygens (including phenoxy) is 3. The van der Waals surface area contributed by atoms with Gasteiger partial charge in [0.1, 0.15) is 6.61 Å². The zero-order valence-corrected chi connectivity index (χ0v) is 20.3. The van der Waals surface area contributed by atoms with E-state index in [9.17, 15) is 4.79 Å². The molecule has 0 aliphatic carbocycles. The van der Waals surface area contributed by atoms with Crippen molar-refractivity contribution in [3.8, 4) is 0 Å². The van der Waals surface area contributed by atoms with E-state index in [1.165, 1.54) is 25.6 Å². The van der Waals surface area contributed by atoms with Crippen LogP contribution in [0, 0.1) is 0 Å². The van der Waals surface area contributed by atoms with Crippen LogP contribution in [-0.2, 0) is 25.6 Å². The van der Waals surface area contributed by atoms with E-state index >= 15 is 0 Å². The molecule has 2 rings (SSSR count). The molecule has 6 heteroatoms. The van der Waals surface area contributed by atoms with Gasteiger partial charge in [0.2, 0.25) is 0 Å². The number of carbonyl (C=O) groups is 1. The van der Waals surface area contributed by atoms with Crippen LogP contribution in [0.25, 0.3) is 0 Å². The molecule has 32 heavy (non-hydrogen) atoms. The largest absolute Gasteiger partial charge is 0.461 e. The molecule has 0 saturated carbocycles. The first-order valence-electron chi connectivity index (χ1n) is 11.7. The predicted octanol–water partition coefficient (Wildman–Crippen LogP) is 5.63. The molecule has 0 spiro atoms. The highest BCUT2D eigenvalue weighted by atomic mass is 31.1. The van der Waals surface area contributed by atoms with E-state index in [1.54, 1.807) is 0 Å². The molecule has 1 aromatic carbocycles. The smallest absolute Gasteiger partial charge is 0.308 e. The lowest BCUT2D eigenvalue weighted by molar-refractivity contribution is -0.146. The van der Waals surface area contributed by atoms with Gasteiger partial charge in [-0.2, -0.15) is 0 Å². The van der Waals surface area contributed by atoms with E-state index in [4.69, 9.17) is 14.2 Å². The first-order valence-corrected chi connectivity index (χ1v) is 12.7. The maximum atomic E-state index is 11.7. The summed E-state index contributed by atoms with van der Waals surface area (Å²) in [6, 6.07) is 9.69. The van der Waals surface area contributed by atoms with E-state index in [0.29, 0.717) is 26.2 Å². The van der Waals surface area contributed by atoms with Crippen molar-refractivity contribution < 1.29 is 19.0 Å². The Morgan fingerprint density at radius 3 is 2.47 bits per heavy atom. The van der Waals surface area contributed by atoms with Crippen LogP contribution in [0.15, 0.2) is 53.5 Å². The van der Waals surface area contributed by atoms with Crippen molar-refractivity contribution in [1.29, 1.82) is 0 Å². The predicted molar refractivity (Wildman–Crippen MR) is 133 cm³/mol. The average Bonchev–Trinajstić information content (AvgIpc) is 3.02. The Balaban J connectivity index is 1.31. The number of carbonyl (C=O) groups excluding carboxylic acids is 1. The van der Waals surface area contributed by atoms with Gasteiger partial charge in [-0.3, -0.25) is 4.79 Å². The highest BCUT2D eigenvalue weighted by Gasteiger charge is 2.03. The number of benzene rings is 1. The second-order valence-electron chi connectivity index (χ2n) is 7.76. The summed E-state index contributed by atoms with van der Waals surface area (Å²) in [5.41, 5.74) is 2.28. The molecule has 0 aromatic heterocycles. The quantitative estimate of drug-likeness (QED) is 0.186. The molecular weight excluding hydrogens is 421 g/mol. The van der Waals surface area contributed by atoms with Gasteiger partial charge in [-0.1, -0.05) is 50.4 Å². The lowest BCUT2D eigenvalue weighted by Gasteiger charge is -2.09. The summed E-state index contributed by atoms with van der Waals surface area (Å²) < 4.78 is 16.5. The standard InChI is InChI=1S/C26H38NO4P/c1-23-25(14-6-11-21-32-23)27-16-7-3-8-17-29-18-9-10-19-30-20-15-26(28)31-22-24-12-4-2-5-13-24/h2,4-6,12-14,21,27H,3,7-11,15-20,22H2,1H3. The van der Waals surface area contributed by atoms with Gasteiger partial charge in [-0.25, -0.2) is 0 Å². The highest BCUT2D eigenvalue weighted by molar-refractivity contribution is 7.43. The number of esters is 1. The second kappa shape index (κ2) is 17.6. The Kier molecular flexibility index (Phi) is 14.5. The Labute approximate surface area is 195 Å². The first-order chi connectivity index (χ1) is 15.8. The Hall–Kier alpha value is -1.94. The maximum absolute atomic E-state index is 11.7. The summed E-state index contributed by atoms with van der Waals surface area (Å²) in [6.07, 6.45) is 11.1. The summed E-state index contributed by atoms with van der Waals surface area (Å²) in [7, 11) is 1.32. The molecule has 5 nitrogen and oxygen atoms in total. The molecule has 176 valence electrons. The third kappa shape index (κ3) is 12.8. The van der Waals surface area contributed by atoms with Gasteiger partial charge >= 0.3 is 5.97 Å². The summed E-state index contributed by atoms with van der Waals surface area (Å²) in [4.78, 5) is 11.7. The fourth-order valence-corrected chi connectivity index (χ4v) is 3.91. The van der Waals surface area contributed by atoms with E-state index < -0.39 is 0 Å². The second-order valence-corrected chi connectivity index (χ2v) is 9.06. The topological polar surface area (TPSA) is 56.8 Å². The molecule has 1 aliphatic rings. The molecule has 1 N–H and O–H groups in total. The van der Waals surface area contributed by atoms with E-state index in [1.807, 2.05) is 30.3 Å². The van der Waals surface area contributed by atoms with Gasteiger partial charge in [0.25, 0.3) is 0 Å². The molecule has 0 bridgehead atoms. The number of unbranched alkanes of at least 4 members (excludes halogenated alkanes) is 3. The SMILES string of the molecule is CC1=C(NCCCCCOCCCCOCCC(=O)OCc2ccccc2)C=CCC=P1. The number of hydrogen-bond donors (Lipinski definition) is 1. The van der Waals surface area contributed by atoms with Gasteiger partial charge in [-0.15, -0.1) is 0 Å². The van der Waals surface area contributed by atoms with Crippen molar-refractivity contribution in [2.45, 2.75) is 58.5 Å². The zero-order chi connectivity index (χ0) is 22.7. The minimum absolute atomic E-state index is 0.219. The van der Waals surface area contributed by atoms with Gasteiger partial charge in [0, 0.05) is 32.1 Å². The molecule has 0 unspecified atom stereocenters. The molecule has 1 aromatic rings. The maximum Gasteiger partial charge on any atom is 0.308 e. The Morgan fingerprint density at radius 2 is 1.69 bits per heavy atom. The molecule has 0 amide bonds. The molecule has 0 saturated heterocycles. The van der Waals surface area contributed by atoms with Crippen LogP contribution < -0.4 is 5.32 Å². The molecule has 1 heterocycles. The number of hydrogen-bond acceptors (Lipinski definition) is 5. The van der Waals surface area contributed by atoms with Crippen LogP contribution in [0.3, 0.4) is 0 Å². The van der Waals surface area contributed by atoms with Gasteiger partial charge in [0.15, 0.2) is 0 Å². The van der Waals surface area contributed by atoms with E-state index in [2.05, 4.69) is 30.2 Å². The van der Waals surface area contributed by atoms with Gasteiger partial charge in [0.05, 0.1) is 13.0 Å². The van der Waals surface area contributed by atoms with Crippen LogP contribution in [0.2, 0.25) is 0 Å². The van der Waals surface area contributed by atoms with Crippen molar-refractivity contribution in [1.82, 2.24) is 5.32 Å². The van der Waals surface area contributed by atoms with Crippen LogP contribution in [0.5, 0.6) is 0 Å². The summed E-state index contributed by atoms with van der Waals surface area (Å²) in [6.45, 7) is 6.19. The van der Waals surface area contributed by atoms with Crippen molar-refractivity contribution >= 4 is 20.0 Å². The first kappa shape index (κ1) is 26.3. The van der Waals surface area contributed by atoms with Crippen molar-refractivity contribution in [3.05, 3.63) is 59.1 Å². The van der Waals surface area contributed by atoms with Gasteiger partial charge < -0.3 is 19.5 Å². The van der Waals surface area contributed by atoms with Crippen LogP contribution in [0.1, 0.15) is 57.4 Å². The summed E-state index contributed by atoms with van der Waals surface area (Å²) in [5.74, 6) is 2.07. The average molecular weight is 460 g/mol. The minimum Gasteiger partial charge on any atom is -0.461 e. The fourth-order valence-electron chi connectivity index (χ4n) is 3.12. The third-order valence-corrected chi connectivity index (χ3v) is 6.02. The molecule has 0 radical (unpaired) electrons. The lowest BCUT2D eigenvalue weighted by Crippen LogP contribution is -2.14. The lowest BCUT2D eigenvalue weighted by atomic mass is 10.2. The van der Waals surface area contributed by atoms with Crippen molar-refractivity contribution in [2.24, 2.45) is 0 Å². The van der Waals surface area contributed by atoms with Crippen molar-refractivity contribution in [3.63, 3.8) is 0 Å². The summed E-state index contributed by atoms with van der Waals surface area (Å²) >= 11 is 0.